The second kappa shape index (κ2) is 5.15. The van der Waals surface area contributed by atoms with E-state index in [1.54, 1.807) is 0 Å². The lowest BCUT2D eigenvalue weighted by molar-refractivity contribution is 0.402. The standard InChI is InChI=1S/C10H5Br2F2N3O/c11-4-1-5(13)8(14)6(2-4)18-10-7(12)9(15)16-3-17-10/h1-3H,(H2,15,16,17). The number of nitrogen functional groups attached to an aromatic ring is 1. The topological polar surface area (TPSA) is 61.0 Å². The van der Waals surface area contributed by atoms with Crippen LogP contribution in [-0.2, 0) is 0 Å². The first kappa shape index (κ1) is 13.2. The molecule has 2 aromatic rings. The first-order chi connectivity index (χ1) is 8.49. The van der Waals surface area contributed by atoms with Crippen molar-refractivity contribution in [3.05, 3.63) is 39.0 Å². The van der Waals surface area contributed by atoms with Crippen LogP contribution in [0.4, 0.5) is 14.6 Å². The van der Waals surface area contributed by atoms with Crippen molar-refractivity contribution in [2.45, 2.75) is 0 Å². The lowest BCUT2D eigenvalue weighted by Gasteiger charge is -2.08. The number of ether oxygens (including phenoxy) is 1. The maximum Gasteiger partial charge on any atom is 0.239 e. The second-order valence-corrected chi connectivity index (χ2v) is 4.89. The van der Waals surface area contributed by atoms with E-state index < -0.39 is 11.6 Å². The van der Waals surface area contributed by atoms with E-state index in [1.807, 2.05) is 0 Å². The van der Waals surface area contributed by atoms with Crippen LogP contribution in [-0.4, -0.2) is 9.97 Å². The minimum absolute atomic E-state index is 0.00102. The molecule has 0 spiro atoms. The van der Waals surface area contributed by atoms with Gasteiger partial charge in [0, 0.05) is 4.47 Å². The van der Waals surface area contributed by atoms with Gasteiger partial charge in [-0.2, -0.15) is 4.39 Å². The summed E-state index contributed by atoms with van der Waals surface area (Å²) >= 11 is 6.13. The summed E-state index contributed by atoms with van der Waals surface area (Å²) in [6.45, 7) is 0. The summed E-state index contributed by atoms with van der Waals surface area (Å²) in [7, 11) is 0. The molecule has 0 saturated heterocycles. The van der Waals surface area contributed by atoms with Crippen LogP contribution in [0, 0.1) is 11.6 Å². The second-order valence-electron chi connectivity index (χ2n) is 3.18. The van der Waals surface area contributed by atoms with Gasteiger partial charge in [0.2, 0.25) is 11.7 Å². The van der Waals surface area contributed by atoms with Crippen molar-refractivity contribution in [3.63, 3.8) is 0 Å². The number of aromatic nitrogens is 2. The molecule has 0 fully saturated rings. The van der Waals surface area contributed by atoms with Crippen molar-refractivity contribution in [1.29, 1.82) is 0 Å². The molecule has 0 atom stereocenters. The SMILES string of the molecule is Nc1ncnc(Oc2cc(Br)cc(F)c2F)c1Br. The maximum atomic E-state index is 13.5. The average Bonchev–Trinajstić information content (AvgIpc) is 2.31. The summed E-state index contributed by atoms with van der Waals surface area (Å²) < 4.78 is 32.4. The number of rotatable bonds is 2. The molecule has 1 heterocycles. The van der Waals surface area contributed by atoms with Gasteiger partial charge in [-0.25, -0.2) is 14.4 Å². The normalized spacial score (nSPS) is 10.4. The zero-order valence-corrected chi connectivity index (χ0v) is 11.8. The molecule has 0 saturated carbocycles. The molecule has 0 aliphatic heterocycles. The van der Waals surface area contributed by atoms with Crippen LogP contribution in [0.15, 0.2) is 27.4 Å². The molecule has 18 heavy (non-hydrogen) atoms. The van der Waals surface area contributed by atoms with Crippen molar-refractivity contribution < 1.29 is 13.5 Å². The van der Waals surface area contributed by atoms with Gasteiger partial charge in [-0.15, -0.1) is 0 Å². The lowest BCUT2D eigenvalue weighted by atomic mass is 10.3. The van der Waals surface area contributed by atoms with Gasteiger partial charge < -0.3 is 10.5 Å². The van der Waals surface area contributed by atoms with Crippen LogP contribution in [0.3, 0.4) is 0 Å². The zero-order valence-electron chi connectivity index (χ0n) is 8.62. The Morgan fingerprint density at radius 3 is 2.61 bits per heavy atom. The minimum Gasteiger partial charge on any atom is -0.434 e. The van der Waals surface area contributed by atoms with Crippen molar-refractivity contribution in [1.82, 2.24) is 9.97 Å². The molecule has 2 rings (SSSR count). The van der Waals surface area contributed by atoms with Gasteiger partial charge in [-0.1, -0.05) is 15.9 Å². The van der Waals surface area contributed by atoms with Crippen LogP contribution in [0.25, 0.3) is 0 Å². The summed E-state index contributed by atoms with van der Waals surface area (Å²) in [5.41, 5.74) is 5.52. The highest BCUT2D eigenvalue weighted by Crippen LogP contribution is 2.33. The van der Waals surface area contributed by atoms with Gasteiger partial charge >= 0.3 is 0 Å². The number of nitrogens with two attached hydrogens (primary N) is 1. The molecule has 0 radical (unpaired) electrons. The van der Waals surface area contributed by atoms with E-state index in [-0.39, 0.29) is 21.9 Å². The fraction of sp³-hybridized carbons (Fsp3) is 0. The number of benzene rings is 1. The van der Waals surface area contributed by atoms with Gasteiger partial charge in [-0.05, 0) is 28.1 Å². The Kier molecular flexibility index (Phi) is 3.76. The third-order valence-electron chi connectivity index (χ3n) is 1.95. The molecule has 8 heteroatoms. The van der Waals surface area contributed by atoms with Crippen LogP contribution in [0.2, 0.25) is 0 Å². The Bertz CT molecular complexity index is 610. The molecule has 1 aromatic carbocycles. The molecule has 1 aromatic heterocycles. The van der Waals surface area contributed by atoms with E-state index in [0.717, 1.165) is 12.4 Å². The third-order valence-corrected chi connectivity index (χ3v) is 3.15. The number of hydrogen-bond donors (Lipinski definition) is 1. The summed E-state index contributed by atoms with van der Waals surface area (Å²) in [6, 6.07) is 2.27. The van der Waals surface area contributed by atoms with Gasteiger partial charge in [0.1, 0.15) is 16.6 Å². The predicted octanol–water partition coefficient (Wildman–Crippen LogP) is 3.65. The molecule has 0 unspecified atom stereocenters. The summed E-state index contributed by atoms with van der Waals surface area (Å²) in [6.07, 6.45) is 1.15. The van der Waals surface area contributed by atoms with Crippen molar-refractivity contribution in [2.24, 2.45) is 0 Å². The van der Waals surface area contributed by atoms with E-state index in [2.05, 4.69) is 41.8 Å². The molecule has 2 N–H and O–H groups in total. The first-order valence-corrected chi connectivity index (χ1v) is 6.16. The first-order valence-electron chi connectivity index (χ1n) is 4.57. The molecule has 4 nitrogen and oxygen atoms in total. The molecule has 0 amide bonds. The fourth-order valence-electron chi connectivity index (χ4n) is 1.15. The Morgan fingerprint density at radius 1 is 1.17 bits per heavy atom. The monoisotopic (exact) mass is 379 g/mol. The highest BCUT2D eigenvalue weighted by molar-refractivity contribution is 9.11. The molecule has 0 aliphatic rings. The summed E-state index contributed by atoms with van der Waals surface area (Å²) in [5.74, 6) is -2.31. The van der Waals surface area contributed by atoms with Crippen LogP contribution < -0.4 is 10.5 Å². The van der Waals surface area contributed by atoms with E-state index in [9.17, 15) is 8.78 Å². The van der Waals surface area contributed by atoms with E-state index in [0.29, 0.717) is 4.47 Å². The van der Waals surface area contributed by atoms with Crippen LogP contribution in [0.5, 0.6) is 11.6 Å². The highest BCUT2D eigenvalue weighted by Gasteiger charge is 2.15. The molecular formula is C10H5Br2F2N3O. The quantitative estimate of drug-likeness (QED) is 0.807. The molecular weight excluding hydrogens is 376 g/mol. The maximum absolute atomic E-state index is 13.5. The van der Waals surface area contributed by atoms with Gasteiger partial charge in [-0.3, -0.25) is 0 Å². The average molecular weight is 381 g/mol. The fourth-order valence-corrected chi connectivity index (χ4v) is 1.84. The Labute approximate surface area is 117 Å². The van der Waals surface area contributed by atoms with Crippen molar-refractivity contribution >= 4 is 37.7 Å². The van der Waals surface area contributed by atoms with E-state index >= 15 is 0 Å². The molecule has 94 valence electrons. The van der Waals surface area contributed by atoms with Gasteiger partial charge in [0.15, 0.2) is 11.6 Å². The third kappa shape index (κ3) is 2.59. The number of halogens is 4. The molecule has 0 aliphatic carbocycles. The lowest BCUT2D eigenvalue weighted by Crippen LogP contribution is -1.98. The minimum atomic E-state index is -1.11. The summed E-state index contributed by atoms with van der Waals surface area (Å²) in [5, 5.41) is 0. The number of nitrogens with zero attached hydrogens (tertiary/aromatic N) is 2. The number of anilines is 1. The number of hydrogen-bond acceptors (Lipinski definition) is 4. The Hall–Kier alpha value is -1.28. The smallest absolute Gasteiger partial charge is 0.239 e. The van der Waals surface area contributed by atoms with Crippen molar-refractivity contribution in [2.75, 3.05) is 5.73 Å². The van der Waals surface area contributed by atoms with Gasteiger partial charge in [0.05, 0.1) is 0 Å². The Balaban J connectivity index is 2.43. The summed E-state index contributed by atoms with van der Waals surface area (Å²) in [4.78, 5) is 7.47. The predicted molar refractivity (Wildman–Crippen MR) is 68.3 cm³/mol. The van der Waals surface area contributed by atoms with E-state index in [1.165, 1.54) is 6.07 Å². The zero-order chi connectivity index (χ0) is 13.3. The van der Waals surface area contributed by atoms with Crippen LogP contribution >= 0.6 is 31.9 Å². The van der Waals surface area contributed by atoms with E-state index in [4.69, 9.17) is 10.5 Å². The highest BCUT2D eigenvalue weighted by atomic mass is 79.9. The largest absolute Gasteiger partial charge is 0.434 e. The van der Waals surface area contributed by atoms with Gasteiger partial charge in [0.25, 0.3) is 0 Å². The van der Waals surface area contributed by atoms with Crippen LogP contribution in [0.1, 0.15) is 0 Å². The van der Waals surface area contributed by atoms with Crippen molar-refractivity contribution in [3.8, 4) is 11.6 Å². The Morgan fingerprint density at radius 2 is 1.89 bits per heavy atom. The molecule has 0 bridgehead atoms.